The van der Waals surface area contributed by atoms with Crippen molar-refractivity contribution in [2.45, 2.75) is 26.3 Å². The van der Waals surface area contributed by atoms with Gasteiger partial charge in [0.05, 0.1) is 12.0 Å². The van der Waals surface area contributed by atoms with Crippen LogP contribution >= 0.6 is 0 Å². The minimum Gasteiger partial charge on any atom is -0.445 e. The zero-order valence-electron chi connectivity index (χ0n) is 6.50. The average molecular weight is 155 g/mol. The van der Waals surface area contributed by atoms with Crippen molar-refractivity contribution in [3.63, 3.8) is 0 Å². The van der Waals surface area contributed by atoms with Gasteiger partial charge in [0.25, 0.3) is 0 Å². The second-order valence-electron chi connectivity index (χ2n) is 3.52. The summed E-state index contributed by atoms with van der Waals surface area (Å²) in [4.78, 5) is 0. The zero-order chi connectivity index (χ0) is 8.41. The Morgan fingerprint density at radius 1 is 1.20 bits per heavy atom. The number of quaternary nitrogens is 1. The maximum absolute atomic E-state index is 11.6. The van der Waals surface area contributed by atoms with Gasteiger partial charge in [0, 0.05) is 0 Å². The van der Waals surface area contributed by atoms with E-state index in [-0.39, 0.29) is 5.54 Å². The summed E-state index contributed by atoms with van der Waals surface area (Å²) in [5.41, 5.74) is -0.322. The first-order valence-electron chi connectivity index (χ1n) is 3.26. The maximum atomic E-state index is 11.6. The normalized spacial score (nSPS) is 13.8. The van der Waals surface area contributed by atoms with E-state index >= 15 is 0 Å². The topological polar surface area (TPSA) is 16.6 Å². The van der Waals surface area contributed by atoms with Crippen molar-refractivity contribution >= 4 is 6.98 Å². The molecule has 0 spiro atoms. The van der Waals surface area contributed by atoms with E-state index in [0.29, 0.717) is 0 Å². The molecule has 0 aromatic rings. The summed E-state index contributed by atoms with van der Waals surface area (Å²) >= 11 is 0. The summed E-state index contributed by atoms with van der Waals surface area (Å²) in [5.74, 6) is 0. The summed E-state index contributed by atoms with van der Waals surface area (Å²) < 4.78 is 34.9. The van der Waals surface area contributed by atoms with Crippen LogP contribution in [-0.4, -0.2) is 19.0 Å². The molecule has 0 rings (SSSR count). The standard InChI is InChI=1S/C5H12BF3N/c1-5(2,3)10-4-6(7,8)9/h10H,4H2,1-3H3/q-1/p+1. The molecule has 0 aromatic carbocycles. The van der Waals surface area contributed by atoms with Gasteiger partial charge in [-0.05, 0) is 20.8 Å². The van der Waals surface area contributed by atoms with Crippen LogP contribution in [0.4, 0.5) is 12.9 Å². The van der Waals surface area contributed by atoms with Crippen molar-refractivity contribution in [2.75, 3.05) is 6.44 Å². The van der Waals surface area contributed by atoms with Crippen LogP contribution in [0.1, 0.15) is 20.8 Å². The van der Waals surface area contributed by atoms with Crippen molar-refractivity contribution in [2.24, 2.45) is 0 Å². The molecule has 0 atom stereocenters. The highest BCUT2D eigenvalue weighted by molar-refractivity contribution is 6.58. The van der Waals surface area contributed by atoms with Crippen molar-refractivity contribution in [1.29, 1.82) is 0 Å². The van der Waals surface area contributed by atoms with Crippen LogP contribution in [0.25, 0.3) is 0 Å². The van der Waals surface area contributed by atoms with Crippen LogP contribution in [0.5, 0.6) is 0 Å². The average Bonchev–Trinajstić information content (AvgIpc) is 1.57. The summed E-state index contributed by atoms with van der Waals surface area (Å²) in [6.45, 7) is 0.655. The Morgan fingerprint density at radius 2 is 1.60 bits per heavy atom. The predicted octanol–water partition coefficient (Wildman–Crippen LogP) is 0.735. The fourth-order valence-electron chi connectivity index (χ4n) is 0.487. The number of halogens is 3. The Morgan fingerprint density at radius 3 is 1.70 bits per heavy atom. The molecule has 0 aliphatic rings. The predicted molar refractivity (Wildman–Crippen MR) is 35.6 cm³/mol. The van der Waals surface area contributed by atoms with Crippen LogP contribution in [0, 0.1) is 0 Å². The molecule has 5 heteroatoms. The molecule has 10 heavy (non-hydrogen) atoms. The van der Waals surface area contributed by atoms with Crippen molar-refractivity contribution in [1.82, 2.24) is 0 Å². The fraction of sp³-hybridized carbons (Fsp3) is 1.00. The first-order chi connectivity index (χ1) is 4.21. The number of rotatable bonds is 2. The molecule has 0 unspecified atom stereocenters. The Kier molecular flexibility index (Phi) is 2.77. The van der Waals surface area contributed by atoms with E-state index in [0.717, 1.165) is 0 Å². The van der Waals surface area contributed by atoms with Crippen LogP contribution in [0.3, 0.4) is 0 Å². The Bertz CT molecular complexity index is 90.4. The van der Waals surface area contributed by atoms with Gasteiger partial charge in [-0.25, -0.2) is 0 Å². The lowest BCUT2D eigenvalue weighted by atomic mass is 9.90. The van der Waals surface area contributed by atoms with Gasteiger partial charge in [0.15, 0.2) is 0 Å². The molecule has 0 aliphatic heterocycles. The van der Waals surface area contributed by atoms with Crippen molar-refractivity contribution in [3.05, 3.63) is 0 Å². The molecule has 0 fully saturated rings. The highest BCUT2D eigenvalue weighted by Gasteiger charge is 2.28. The van der Waals surface area contributed by atoms with Gasteiger partial charge in [-0.1, -0.05) is 0 Å². The highest BCUT2D eigenvalue weighted by Crippen LogP contribution is 2.04. The molecule has 0 saturated heterocycles. The summed E-state index contributed by atoms with van der Waals surface area (Å²) in [5, 5.41) is 1.30. The molecule has 1 nitrogen and oxygen atoms in total. The lowest BCUT2D eigenvalue weighted by molar-refractivity contribution is -0.706. The summed E-state index contributed by atoms with van der Waals surface area (Å²) in [6.07, 6.45) is -0.733. The monoisotopic (exact) mass is 155 g/mol. The third-order valence-electron chi connectivity index (χ3n) is 0.997. The smallest absolute Gasteiger partial charge is 0.445 e. The van der Waals surface area contributed by atoms with E-state index in [1.165, 1.54) is 5.32 Å². The first-order valence-corrected chi connectivity index (χ1v) is 3.26. The SMILES string of the molecule is CC(C)(C)[NH2+]C[B-](F)(F)F. The molecule has 0 aliphatic carbocycles. The van der Waals surface area contributed by atoms with E-state index < -0.39 is 13.4 Å². The van der Waals surface area contributed by atoms with E-state index in [1.807, 2.05) is 0 Å². The van der Waals surface area contributed by atoms with Crippen molar-refractivity contribution in [3.8, 4) is 0 Å². The molecule has 2 N–H and O–H groups in total. The largest absolute Gasteiger partial charge is 0.531 e. The lowest BCUT2D eigenvalue weighted by Crippen LogP contribution is -2.97. The molecule has 0 radical (unpaired) electrons. The van der Waals surface area contributed by atoms with Gasteiger partial charge in [0.2, 0.25) is 0 Å². The molecule has 62 valence electrons. The minimum absolute atomic E-state index is 0.322. The molecular formula is C5H13BF3N. The van der Waals surface area contributed by atoms with Crippen molar-refractivity contribution < 1.29 is 18.3 Å². The number of nitrogens with two attached hydrogens (primary N) is 1. The number of hydrogen-bond acceptors (Lipinski definition) is 0. The van der Waals surface area contributed by atoms with Gasteiger partial charge >= 0.3 is 6.98 Å². The molecule has 0 aromatic heterocycles. The van der Waals surface area contributed by atoms with Crippen LogP contribution in [0.2, 0.25) is 0 Å². The van der Waals surface area contributed by atoms with Gasteiger partial charge in [-0.15, -0.1) is 0 Å². The Labute approximate surface area is 59.1 Å². The Hall–Kier alpha value is -0.185. The lowest BCUT2D eigenvalue weighted by Gasteiger charge is -2.21. The van der Waals surface area contributed by atoms with Gasteiger partial charge in [-0.3, -0.25) is 0 Å². The van der Waals surface area contributed by atoms with E-state index in [4.69, 9.17) is 0 Å². The molecule has 0 saturated carbocycles. The van der Waals surface area contributed by atoms with E-state index in [2.05, 4.69) is 0 Å². The van der Waals surface area contributed by atoms with Gasteiger partial charge < -0.3 is 18.3 Å². The molecule has 0 bridgehead atoms. The molecule has 0 heterocycles. The van der Waals surface area contributed by atoms with Gasteiger partial charge in [-0.2, -0.15) is 0 Å². The maximum Gasteiger partial charge on any atom is 0.531 e. The quantitative estimate of drug-likeness (QED) is 0.566. The molecular weight excluding hydrogens is 142 g/mol. The second kappa shape index (κ2) is 2.82. The summed E-state index contributed by atoms with van der Waals surface area (Å²) in [6, 6.07) is 0. The zero-order valence-corrected chi connectivity index (χ0v) is 6.50. The Balaban J connectivity index is 3.56. The third kappa shape index (κ3) is 7.81. The van der Waals surface area contributed by atoms with Crippen LogP contribution in [0.15, 0.2) is 0 Å². The third-order valence-corrected chi connectivity index (χ3v) is 0.997. The minimum atomic E-state index is -4.62. The van der Waals surface area contributed by atoms with E-state index in [9.17, 15) is 12.9 Å². The molecule has 0 amide bonds. The van der Waals surface area contributed by atoms with Crippen LogP contribution in [-0.2, 0) is 0 Å². The second-order valence-corrected chi connectivity index (χ2v) is 3.52. The first kappa shape index (κ1) is 9.81. The van der Waals surface area contributed by atoms with Gasteiger partial charge in [0.1, 0.15) is 0 Å². The summed E-state index contributed by atoms with van der Waals surface area (Å²) in [7, 11) is 0. The van der Waals surface area contributed by atoms with Crippen LogP contribution < -0.4 is 5.32 Å². The highest BCUT2D eigenvalue weighted by atomic mass is 19.4. The fourth-order valence-corrected chi connectivity index (χ4v) is 0.487. The van der Waals surface area contributed by atoms with E-state index in [1.54, 1.807) is 20.8 Å². The number of hydrogen-bond donors (Lipinski definition) is 1.